The molecule has 5 rings (SSSR count). The van der Waals surface area contributed by atoms with Crippen LogP contribution >= 0.6 is 22.7 Å². The Hall–Kier alpha value is -2.44. The first kappa shape index (κ1) is 22.4. The summed E-state index contributed by atoms with van der Waals surface area (Å²) in [6.07, 6.45) is 6.37. The monoisotopic (exact) mass is 540 g/mol. The van der Waals surface area contributed by atoms with E-state index in [1.54, 1.807) is 22.7 Å². The van der Waals surface area contributed by atoms with Gasteiger partial charge in [-0.25, -0.2) is 0 Å². The maximum atomic E-state index is 13.2. The maximum absolute atomic E-state index is 13.2. The molecule has 1 aliphatic rings. The predicted molar refractivity (Wildman–Crippen MR) is 142 cm³/mol. The Morgan fingerprint density at radius 1 is 0.970 bits per heavy atom. The quantitative estimate of drug-likeness (QED) is 0.289. The van der Waals surface area contributed by atoms with Crippen LogP contribution in [0.3, 0.4) is 0 Å². The second-order valence-corrected chi connectivity index (χ2v) is 12.0. The summed E-state index contributed by atoms with van der Waals surface area (Å²) in [6.45, 7) is 8.90. The van der Waals surface area contributed by atoms with Crippen LogP contribution in [0, 0.1) is 0 Å². The van der Waals surface area contributed by atoms with E-state index in [0.717, 1.165) is 22.3 Å². The molecule has 0 spiro atoms. The van der Waals surface area contributed by atoms with Gasteiger partial charge in [-0.2, -0.15) is 0 Å². The third-order valence-corrected chi connectivity index (χ3v) is 10.3. The second-order valence-electron chi connectivity index (χ2n) is 7.64. The summed E-state index contributed by atoms with van der Waals surface area (Å²) < 4.78 is 10.0. The molecular formula is C26H26N3OS2Se+. The Bertz CT molecular complexity index is 1540. The Balaban J connectivity index is 1.60. The zero-order valence-electron chi connectivity index (χ0n) is 18.9. The molecule has 3 heterocycles. The molecule has 0 unspecified atom stereocenters. The molecule has 0 atom stereocenters. The van der Waals surface area contributed by atoms with Crippen LogP contribution in [0.15, 0.2) is 64.0 Å². The standard InChI is InChI=1S/C26H26N3OS2Se/c1-4-27-18-11-7-9-13-20(18)31-23(27)17-24-29(6-3)26(30)21(32-24)15-16-25-28(5-2)19-12-8-10-14-22(19)33-25/h7-17H,4-6H2,1-3H3/q+1. The Morgan fingerprint density at radius 2 is 1.76 bits per heavy atom. The molecule has 0 saturated carbocycles. The number of para-hydroxylation sites is 2. The number of hydrogen-bond acceptors (Lipinski definition) is 4. The van der Waals surface area contributed by atoms with Gasteiger partial charge in [0.1, 0.15) is 0 Å². The number of hydrogen-bond donors (Lipinski definition) is 0. The molecule has 0 fully saturated rings. The van der Waals surface area contributed by atoms with Crippen molar-refractivity contribution in [1.82, 2.24) is 4.57 Å². The van der Waals surface area contributed by atoms with Crippen LogP contribution in [-0.4, -0.2) is 26.1 Å². The SMILES string of the molecule is CCN1C(=CC=c2sc(=Cc3sc4ccccc4[n+]3CC)n(CC)c2=O)[Se]c2ccccc21. The molecular weight excluding hydrogens is 513 g/mol. The average Bonchev–Trinajstić information content (AvgIpc) is 3.47. The van der Waals surface area contributed by atoms with Gasteiger partial charge in [0.15, 0.2) is 0 Å². The summed E-state index contributed by atoms with van der Waals surface area (Å²) in [5, 5.41) is 1.18. The van der Waals surface area contributed by atoms with E-state index in [9.17, 15) is 4.79 Å². The van der Waals surface area contributed by atoms with Crippen molar-refractivity contribution < 1.29 is 4.57 Å². The first-order valence-corrected chi connectivity index (χ1v) is 14.6. The number of aryl methyl sites for hydroxylation is 1. The van der Waals surface area contributed by atoms with Gasteiger partial charge in [-0.05, 0) is 0 Å². The van der Waals surface area contributed by atoms with Crippen LogP contribution in [0.4, 0.5) is 5.69 Å². The first-order chi connectivity index (χ1) is 16.1. The van der Waals surface area contributed by atoms with Crippen LogP contribution in [-0.2, 0) is 13.1 Å². The van der Waals surface area contributed by atoms with Crippen molar-refractivity contribution in [3.8, 4) is 0 Å². The summed E-state index contributed by atoms with van der Waals surface area (Å²) in [5.74, 6) is 0. The van der Waals surface area contributed by atoms with E-state index in [4.69, 9.17) is 0 Å². The van der Waals surface area contributed by atoms with E-state index < -0.39 is 0 Å². The van der Waals surface area contributed by atoms with Gasteiger partial charge in [-0.15, -0.1) is 0 Å². The molecule has 7 heteroatoms. The normalized spacial score (nSPS) is 15.8. The van der Waals surface area contributed by atoms with Gasteiger partial charge in [0.2, 0.25) is 0 Å². The van der Waals surface area contributed by atoms with Crippen molar-refractivity contribution in [3.63, 3.8) is 0 Å². The fourth-order valence-electron chi connectivity index (χ4n) is 4.20. The number of thiazole rings is 2. The van der Waals surface area contributed by atoms with E-state index in [-0.39, 0.29) is 20.5 Å². The predicted octanol–water partition coefficient (Wildman–Crippen LogP) is 2.77. The molecule has 2 aromatic heterocycles. The molecule has 0 aliphatic carbocycles. The van der Waals surface area contributed by atoms with E-state index in [1.807, 2.05) is 17.6 Å². The van der Waals surface area contributed by atoms with Gasteiger partial charge in [-0.3, -0.25) is 0 Å². The van der Waals surface area contributed by atoms with Gasteiger partial charge in [0, 0.05) is 0 Å². The molecule has 33 heavy (non-hydrogen) atoms. The fourth-order valence-corrected chi connectivity index (χ4v) is 8.86. The van der Waals surface area contributed by atoms with Crippen molar-refractivity contribution >= 4 is 70.1 Å². The minimum absolute atomic E-state index is 0.0980. The summed E-state index contributed by atoms with van der Waals surface area (Å²) in [4.78, 5) is 15.6. The molecule has 0 radical (unpaired) electrons. The molecule has 0 amide bonds. The Morgan fingerprint density at radius 3 is 2.55 bits per heavy atom. The summed E-state index contributed by atoms with van der Waals surface area (Å²) in [5.41, 5.74) is 2.65. The van der Waals surface area contributed by atoms with Crippen LogP contribution in [0.1, 0.15) is 25.8 Å². The first-order valence-electron chi connectivity index (χ1n) is 11.2. The molecule has 0 N–H and O–H groups in total. The molecule has 168 valence electrons. The fraction of sp³-hybridized carbons (Fsp3) is 0.231. The topological polar surface area (TPSA) is 29.1 Å². The van der Waals surface area contributed by atoms with E-state index >= 15 is 0 Å². The summed E-state index contributed by atoms with van der Waals surface area (Å²) in [6, 6.07) is 17.1. The van der Waals surface area contributed by atoms with E-state index in [0.29, 0.717) is 6.54 Å². The Labute approximate surface area is 207 Å². The Kier molecular flexibility index (Phi) is 6.39. The van der Waals surface area contributed by atoms with Crippen molar-refractivity contribution in [3.05, 3.63) is 83.8 Å². The molecule has 1 aliphatic heterocycles. The van der Waals surface area contributed by atoms with Crippen LogP contribution in [0.2, 0.25) is 0 Å². The third-order valence-electron chi connectivity index (χ3n) is 5.78. The summed E-state index contributed by atoms with van der Waals surface area (Å²) >= 11 is 3.63. The second kappa shape index (κ2) is 9.43. The number of aromatic nitrogens is 2. The van der Waals surface area contributed by atoms with Crippen LogP contribution in [0.25, 0.3) is 22.4 Å². The average molecular weight is 540 g/mol. The minimum atomic E-state index is 0.0980. The van der Waals surface area contributed by atoms with Crippen LogP contribution in [0.5, 0.6) is 0 Å². The molecule has 4 nitrogen and oxygen atoms in total. The van der Waals surface area contributed by atoms with E-state index in [2.05, 4.69) is 84.0 Å². The van der Waals surface area contributed by atoms with Gasteiger partial charge >= 0.3 is 208 Å². The molecule has 0 saturated heterocycles. The molecule has 4 aromatic rings. The van der Waals surface area contributed by atoms with Gasteiger partial charge in [-0.1, -0.05) is 0 Å². The van der Waals surface area contributed by atoms with Crippen molar-refractivity contribution in [2.24, 2.45) is 0 Å². The van der Waals surface area contributed by atoms with Crippen molar-refractivity contribution in [2.45, 2.75) is 33.9 Å². The number of nitrogens with zero attached hydrogens (tertiary/aromatic N) is 3. The van der Waals surface area contributed by atoms with Crippen molar-refractivity contribution in [1.29, 1.82) is 0 Å². The number of allylic oxidation sites excluding steroid dienone is 1. The zero-order chi connectivity index (χ0) is 22.9. The number of anilines is 1. The number of benzene rings is 2. The molecule has 2 aromatic carbocycles. The number of rotatable bonds is 5. The summed E-state index contributed by atoms with van der Waals surface area (Å²) in [7, 11) is 0. The molecule has 0 bridgehead atoms. The van der Waals surface area contributed by atoms with Gasteiger partial charge < -0.3 is 0 Å². The number of fused-ring (bicyclic) bond motifs is 2. The van der Waals surface area contributed by atoms with Gasteiger partial charge in [0.05, 0.1) is 0 Å². The van der Waals surface area contributed by atoms with E-state index in [1.165, 1.54) is 30.0 Å². The zero-order valence-corrected chi connectivity index (χ0v) is 22.3. The van der Waals surface area contributed by atoms with Gasteiger partial charge in [0.25, 0.3) is 0 Å². The van der Waals surface area contributed by atoms with Crippen LogP contribution < -0.4 is 28.7 Å². The third kappa shape index (κ3) is 4.04. The van der Waals surface area contributed by atoms with Crippen molar-refractivity contribution in [2.75, 3.05) is 11.4 Å².